The summed E-state index contributed by atoms with van der Waals surface area (Å²) in [5.74, 6) is -3.95. The van der Waals surface area contributed by atoms with Crippen molar-refractivity contribution >= 4 is 11.7 Å². The number of ketones is 1. The molecule has 2 aromatic rings. The van der Waals surface area contributed by atoms with E-state index in [-0.39, 0.29) is 16.2 Å². The molecule has 0 saturated carbocycles. The second kappa shape index (κ2) is 6.86. The van der Waals surface area contributed by atoms with Gasteiger partial charge in [0.2, 0.25) is 5.78 Å². The lowest BCUT2D eigenvalue weighted by atomic mass is 9.81. The zero-order chi connectivity index (χ0) is 17.9. The average molecular weight is 335 g/mol. The second-order valence-corrected chi connectivity index (χ2v) is 5.28. The lowest BCUT2D eigenvalue weighted by Crippen LogP contribution is -2.38. The molecule has 0 aliphatic rings. The van der Waals surface area contributed by atoms with Gasteiger partial charge in [-0.15, -0.1) is 0 Å². The van der Waals surface area contributed by atoms with E-state index < -0.39 is 35.3 Å². The van der Waals surface area contributed by atoms with Gasteiger partial charge >= 0.3 is 5.91 Å². The van der Waals surface area contributed by atoms with Crippen molar-refractivity contribution in [3.8, 4) is 0 Å². The third kappa shape index (κ3) is 3.47. The molecule has 0 aliphatic heterocycles. The molecule has 0 spiro atoms. The molecule has 1 amide bonds. The zero-order valence-electron chi connectivity index (χ0n) is 12.7. The van der Waals surface area contributed by atoms with Crippen LogP contribution in [0.4, 0.5) is 8.78 Å². The molecule has 0 aliphatic carbocycles. The Morgan fingerprint density at radius 2 is 1.79 bits per heavy atom. The molecular weight excluding hydrogens is 320 g/mol. The standard InChI is InChI=1S/C17H15F2NO4/c1-20(24)16(22)15(21)10-17(23,11-5-4-6-12(18)9-11)13-7-2-3-8-14(13)19/h2-9,23-24H,10H2,1H3. The van der Waals surface area contributed by atoms with Crippen molar-refractivity contribution < 1.29 is 28.7 Å². The van der Waals surface area contributed by atoms with Crippen LogP contribution >= 0.6 is 0 Å². The molecule has 126 valence electrons. The Kier molecular flexibility index (Phi) is 5.06. The molecular formula is C17H15F2NO4. The van der Waals surface area contributed by atoms with E-state index in [1.807, 2.05) is 0 Å². The van der Waals surface area contributed by atoms with E-state index in [1.165, 1.54) is 30.3 Å². The normalized spacial score (nSPS) is 13.2. The van der Waals surface area contributed by atoms with Gasteiger partial charge in [0.25, 0.3) is 0 Å². The van der Waals surface area contributed by atoms with E-state index in [4.69, 9.17) is 5.21 Å². The number of aliphatic hydroxyl groups is 1. The topological polar surface area (TPSA) is 77.8 Å². The van der Waals surface area contributed by atoms with Crippen LogP contribution in [0.5, 0.6) is 0 Å². The van der Waals surface area contributed by atoms with Crippen molar-refractivity contribution in [1.29, 1.82) is 0 Å². The third-order valence-corrected chi connectivity index (χ3v) is 3.57. The summed E-state index contributed by atoms with van der Waals surface area (Å²) in [6.45, 7) is 0. The minimum absolute atomic E-state index is 0.0652. The van der Waals surface area contributed by atoms with Crippen LogP contribution in [0.1, 0.15) is 17.5 Å². The molecule has 24 heavy (non-hydrogen) atoms. The summed E-state index contributed by atoms with van der Waals surface area (Å²) in [4.78, 5) is 23.6. The van der Waals surface area contributed by atoms with Gasteiger partial charge in [0.15, 0.2) is 0 Å². The molecule has 2 N–H and O–H groups in total. The number of halogens is 2. The van der Waals surface area contributed by atoms with Crippen LogP contribution in [-0.2, 0) is 15.2 Å². The highest BCUT2D eigenvalue weighted by atomic mass is 19.1. The maximum absolute atomic E-state index is 14.2. The monoisotopic (exact) mass is 335 g/mol. The fraction of sp³-hybridized carbons (Fsp3) is 0.176. The van der Waals surface area contributed by atoms with Gasteiger partial charge in [-0.1, -0.05) is 30.3 Å². The minimum Gasteiger partial charge on any atom is -0.380 e. The quantitative estimate of drug-likeness (QED) is 0.498. The Labute approximate surface area is 136 Å². The number of hydrogen-bond donors (Lipinski definition) is 2. The van der Waals surface area contributed by atoms with Gasteiger partial charge in [-0.25, -0.2) is 13.8 Å². The Morgan fingerprint density at radius 3 is 2.38 bits per heavy atom. The Bertz CT molecular complexity index is 779. The largest absolute Gasteiger partial charge is 0.380 e. The third-order valence-electron chi connectivity index (χ3n) is 3.57. The summed E-state index contributed by atoms with van der Waals surface area (Å²) in [7, 11) is 0.949. The molecule has 0 bridgehead atoms. The van der Waals surface area contributed by atoms with Gasteiger partial charge in [-0.05, 0) is 23.8 Å². The highest BCUT2D eigenvalue weighted by Crippen LogP contribution is 2.35. The summed E-state index contributed by atoms with van der Waals surface area (Å²) in [6, 6.07) is 9.82. The number of carbonyl (C=O) groups excluding carboxylic acids is 2. The van der Waals surface area contributed by atoms with Gasteiger partial charge in [0, 0.05) is 12.6 Å². The van der Waals surface area contributed by atoms with Crippen molar-refractivity contribution in [1.82, 2.24) is 5.06 Å². The molecule has 0 radical (unpaired) electrons. The first-order valence-corrected chi connectivity index (χ1v) is 6.99. The number of Topliss-reactive ketones (excluding diaryl/α,β-unsaturated/α-hetero) is 1. The highest BCUT2D eigenvalue weighted by molar-refractivity contribution is 6.35. The lowest BCUT2D eigenvalue weighted by Gasteiger charge is -2.29. The number of hydrogen-bond acceptors (Lipinski definition) is 4. The van der Waals surface area contributed by atoms with Gasteiger partial charge in [0.1, 0.15) is 17.2 Å². The minimum atomic E-state index is -2.27. The summed E-state index contributed by atoms with van der Waals surface area (Å²) in [6.07, 6.45) is -0.860. The number of carbonyl (C=O) groups is 2. The molecule has 0 fully saturated rings. The van der Waals surface area contributed by atoms with Crippen LogP contribution in [-0.4, -0.2) is 34.1 Å². The number of rotatable bonds is 5. The molecule has 0 aromatic heterocycles. The Hall–Kier alpha value is -2.64. The molecule has 1 atom stereocenters. The average Bonchev–Trinajstić information content (AvgIpc) is 2.54. The maximum atomic E-state index is 14.2. The predicted molar refractivity (Wildman–Crippen MR) is 80.0 cm³/mol. The van der Waals surface area contributed by atoms with Crippen molar-refractivity contribution in [3.05, 3.63) is 71.3 Å². The second-order valence-electron chi connectivity index (χ2n) is 5.28. The molecule has 2 rings (SSSR count). The summed E-state index contributed by atoms with van der Waals surface area (Å²) in [5, 5.41) is 20.1. The predicted octanol–water partition coefficient (Wildman–Crippen LogP) is 2.01. The molecule has 1 unspecified atom stereocenters. The smallest absolute Gasteiger partial charge is 0.313 e. The first-order chi connectivity index (χ1) is 11.3. The van der Waals surface area contributed by atoms with Crippen molar-refractivity contribution in [3.63, 3.8) is 0 Å². The van der Waals surface area contributed by atoms with Crippen molar-refractivity contribution in [2.24, 2.45) is 0 Å². The first kappa shape index (κ1) is 17.7. The number of hydroxylamine groups is 2. The zero-order valence-corrected chi connectivity index (χ0v) is 12.7. The number of likely N-dealkylation sites (N-methyl/N-ethyl adjacent to an activating group) is 1. The first-order valence-electron chi connectivity index (χ1n) is 6.99. The SMILES string of the molecule is CN(O)C(=O)C(=O)CC(O)(c1cccc(F)c1)c1ccccc1F. The van der Waals surface area contributed by atoms with E-state index in [9.17, 15) is 23.5 Å². The summed E-state index contributed by atoms with van der Waals surface area (Å²) >= 11 is 0. The lowest BCUT2D eigenvalue weighted by molar-refractivity contribution is -0.166. The molecule has 2 aromatic carbocycles. The Balaban J connectivity index is 2.56. The Morgan fingerprint density at radius 1 is 1.12 bits per heavy atom. The highest BCUT2D eigenvalue weighted by Gasteiger charge is 2.39. The van der Waals surface area contributed by atoms with E-state index in [0.29, 0.717) is 0 Å². The molecule has 0 saturated heterocycles. The maximum Gasteiger partial charge on any atom is 0.313 e. The van der Waals surface area contributed by atoms with Crippen molar-refractivity contribution in [2.75, 3.05) is 7.05 Å². The van der Waals surface area contributed by atoms with Gasteiger partial charge in [-0.3, -0.25) is 14.8 Å². The van der Waals surface area contributed by atoms with E-state index in [2.05, 4.69) is 0 Å². The van der Waals surface area contributed by atoms with Crippen LogP contribution in [0.15, 0.2) is 48.5 Å². The van der Waals surface area contributed by atoms with Gasteiger partial charge in [-0.2, -0.15) is 0 Å². The van der Waals surface area contributed by atoms with Crippen molar-refractivity contribution in [2.45, 2.75) is 12.0 Å². The van der Waals surface area contributed by atoms with E-state index >= 15 is 0 Å². The van der Waals surface area contributed by atoms with Gasteiger partial charge in [0.05, 0.1) is 6.42 Å². The fourth-order valence-corrected chi connectivity index (χ4v) is 2.38. The van der Waals surface area contributed by atoms with Crippen LogP contribution in [0.3, 0.4) is 0 Å². The molecule has 7 heteroatoms. The van der Waals surface area contributed by atoms with Crippen LogP contribution in [0, 0.1) is 11.6 Å². The van der Waals surface area contributed by atoms with Crippen LogP contribution in [0.25, 0.3) is 0 Å². The fourth-order valence-electron chi connectivity index (χ4n) is 2.38. The molecule has 0 heterocycles. The summed E-state index contributed by atoms with van der Waals surface area (Å²) < 4.78 is 27.7. The van der Waals surface area contributed by atoms with E-state index in [1.54, 1.807) is 0 Å². The van der Waals surface area contributed by atoms with Gasteiger partial charge < -0.3 is 5.11 Å². The molecule has 5 nitrogen and oxygen atoms in total. The van der Waals surface area contributed by atoms with Crippen LogP contribution < -0.4 is 0 Å². The number of nitrogens with zero attached hydrogens (tertiary/aromatic N) is 1. The van der Waals surface area contributed by atoms with Crippen LogP contribution in [0.2, 0.25) is 0 Å². The number of benzene rings is 2. The number of amides is 1. The summed E-state index contributed by atoms with van der Waals surface area (Å²) in [5.41, 5.74) is -2.64. The van der Waals surface area contributed by atoms with E-state index in [0.717, 1.165) is 25.2 Å².